The van der Waals surface area contributed by atoms with Gasteiger partial charge in [-0.3, -0.25) is 0 Å². The summed E-state index contributed by atoms with van der Waals surface area (Å²) in [7, 11) is -3.91. The van der Waals surface area contributed by atoms with Gasteiger partial charge in [-0.2, -0.15) is 0 Å². The van der Waals surface area contributed by atoms with Crippen molar-refractivity contribution >= 4 is 22.4 Å². The number of benzene rings is 2. The highest BCUT2D eigenvalue weighted by atomic mass is 35.5. The van der Waals surface area contributed by atoms with Crippen LogP contribution in [-0.2, 0) is 16.4 Å². The quantitative estimate of drug-likeness (QED) is 0.576. The first kappa shape index (κ1) is 25.5. The van der Waals surface area contributed by atoms with Crippen molar-refractivity contribution in [1.29, 1.82) is 0 Å². The highest BCUT2D eigenvalue weighted by molar-refractivity contribution is 7.89. The summed E-state index contributed by atoms with van der Waals surface area (Å²) in [5.41, 5.74) is 0.111. The molecule has 172 valence electrons. The molecule has 1 aliphatic rings. The maximum Gasteiger partial charge on any atom is 0.277 e. The average Bonchev–Trinajstić information content (AvgIpc) is 2.97. The highest BCUT2D eigenvalue weighted by Gasteiger charge is 2.51. The Kier molecular flexibility index (Phi) is 8.07. The molecule has 0 amide bonds. The van der Waals surface area contributed by atoms with E-state index in [-0.39, 0.29) is 46.8 Å². The summed E-state index contributed by atoms with van der Waals surface area (Å²) < 4.78 is 95.2. The lowest BCUT2D eigenvalue weighted by Gasteiger charge is -2.24. The van der Waals surface area contributed by atoms with E-state index in [1.165, 1.54) is 49.4 Å². The zero-order valence-corrected chi connectivity index (χ0v) is 18.1. The summed E-state index contributed by atoms with van der Waals surface area (Å²) in [6, 6.07) is 6.81. The summed E-state index contributed by atoms with van der Waals surface area (Å²) in [5, 5.41) is 2.56. The van der Waals surface area contributed by atoms with Gasteiger partial charge < -0.3 is 5.32 Å². The molecule has 1 aliphatic heterocycles. The minimum Gasteiger partial charge on any atom is -0.306 e. The minimum absolute atomic E-state index is 0. The second-order valence-corrected chi connectivity index (χ2v) is 9.20. The molecule has 0 spiro atoms. The molecule has 2 atom stereocenters. The zero-order valence-electron chi connectivity index (χ0n) is 16.4. The lowest BCUT2D eigenvalue weighted by Crippen LogP contribution is -2.51. The van der Waals surface area contributed by atoms with Crippen LogP contribution in [0.1, 0.15) is 24.5 Å². The molecule has 1 fully saturated rings. The average molecular weight is 485 g/mol. The molecule has 2 aromatic rings. The van der Waals surface area contributed by atoms with Crippen LogP contribution in [0.5, 0.6) is 0 Å². The van der Waals surface area contributed by atoms with Crippen LogP contribution in [0.4, 0.5) is 22.0 Å². The monoisotopic (exact) mass is 484 g/mol. The van der Waals surface area contributed by atoms with Crippen LogP contribution in [0, 0.1) is 5.82 Å². The van der Waals surface area contributed by atoms with Crippen molar-refractivity contribution in [1.82, 2.24) is 10.0 Å². The Morgan fingerprint density at radius 1 is 1.19 bits per heavy atom. The van der Waals surface area contributed by atoms with Gasteiger partial charge in [-0.25, -0.2) is 35.1 Å². The number of rotatable bonds is 7. The van der Waals surface area contributed by atoms with Gasteiger partial charge in [-0.15, -0.1) is 12.4 Å². The van der Waals surface area contributed by atoms with E-state index in [0.717, 1.165) is 0 Å². The van der Waals surface area contributed by atoms with Gasteiger partial charge in [-0.05, 0) is 30.5 Å². The first-order valence-electron chi connectivity index (χ1n) is 9.31. The normalized spacial score (nSPS) is 20.6. The van der Waals surface area contributed by atoms with Crippen LogP contribution in [-0.4, -0.2) is 38.7 Å². The van der Waals surface area contributed by atoms with Crippen LogP contribution in [0.3, 0.4) is 0 Å². The Hall–Kier alpha value is -1.75. The maximum absolute atomic E-state index is 15.1. The lowest BCUT2D eigenvalue weighted by molar-refractivity contribution is -0.000881. The van der Waals surface area contributed by atoms with Gasteiger partial charge in [0.2, 0.25) is 10.0 Å². The maximum atomic E-state index is 15.1. The second kappa shape index (κ2) is 9.81. The van der Waals surface area contributed by atoms with Crippen molar-refractivity contribution < 1.29 is 30.4 Å². The van der Waals surface area contributed by atoms with E-state index >= 15 is 4.39 Å². The van der Waals surface area contributed by atoms with Gasteiger partial charge in [0.15, 0.2) is 0 Å². The summed E-state index contributed by atoms with van der Waals surface area (Å²) in [4.78, 5) is 0. The third kappa shape index (κ3) is 5.74. The molecule has 1 saturated heterocycles. The summed E-state index contributed by atoms with van der Waals surface area (Å²) in [5.74, 6) is -4.43. The molecule has 0 saturated carbocycles. The standard InChI is InChI=1S/C20H21F5N2O2S.ClH/c1-2-30(28,29)27-18-16(26-11-20(18,24)25)10-13-6-4-8-15(17(13)21)12-5-3-7-14(9-12)19(22)23;/h3-9,16,18-19,26-27H,2,10-11H2,1H3;1H/t16-,18+;/m0./s1. The van der Waals surface area contributed by atoms with Gasteiger partial charge in [0.05, 0.1) is 12.3 Å². The first-order valence-corrected chi connectivity index (χ1v) is 11.0. The van der Waals surface area contributed by atoms with Gasteiger partial charge >= 0.3 is 0 Å². The van der Waals surface area contributed by atoms with E-state index in [0.29, 0.717) is 0 Å². The zero-order chi connectivity index (χ0) is 22.1. The molecule has 1 heterocycles. The summed E-state index contributed by atoms with van der Waals surface area (Å²) in [6.07, 6.45) is -2.92. The number of alkyl halides is 4. The van der Waals surface area contributed by atoms with Crippen LogP contribution in [0.25, 0.3) is 11.1 Å². The van der Waals surface area contributed by atoms with Crippen LogP contribution >= 0.6 is 12.4 Å². The first-order chi connectivity index (χ1) is 14.0. The number of hydrogen-bond acceptors (Lipinski definition) is 3. The number of sulfonamides is 1. The van der Waals surface area contributed by atoms with E-state index in [9.17, 15) is 26.0 Å². The molecular formula is C20H22ClF5N2O2S. The van der Waals surface area contributed by atoms with Gasteiger partial charge in [0, 0.05) is 17.2 Å². The third-order valence-corrected chi connectivity index (χ3v) is 6.49. The Balaban J connectivity index is 0.00000341. The van der Waals surface area contributed by atoms with Crippen molar-refractivity contribution in [2.45, 2.75) is 37.8 Å². The molecule has 0 aromatic heterocycles. The van der Waals surface area contributed by atoms with Crippen LogP contribution in [0.15, 0.2) is 42.5 Å². The van der Waals surface area contributed by atoms with Crippen LogP contribution in [0.2, 0.25) is 0 Å². The predicted octanol–water partition coefficient (Wildman–Crippen LogP) is 4.31. The molecule has 2 aromatic carbocycles. The molecule has 0 aliphatic carbocycles. The number of halogens is 6. The molecule has 31 heavy (non-hydrogen) atoms. The fraction of sp³-hybridized carbons (Fsp3) is 0.400. The Bertz CT molecular complexity index is 1020. The fourth-order valence-electron chi connectivity index (χ4n) is 3.46. The van der Waals surface area contributed by atoms with Crippen molar-refractivity contribution in [3.8, 4) is 11.1 Å². The van der Waals surface area contributed by atoms with Gasteiger partial charge in [0.25, 0.3) is 12.3 Å². The van der Waals surface area contributed by atoms with E-state index < -0.39 is 46.8 Å². The van der Waals surface area contributed by atoms with Crippen molar-refractivity contribution in [3.05, 3.63) is 59.4 Å². The smallest absolute Gasteiger partial charge is 0.277 e. The molecule has 0 unspecified atom stereocenters. The Morgan fingerprint density at radius 3 is 2.52 bits per heavy atom. The van der Waals surface area contributed by atoms with Crippen molar-refractivity contribution in [3.63, 3.8) is 0 Å². The molecule has 0 bridgehead atoms. The van der Waals surface area contributed by atoms with E-state index in [1.54, 1.807) is 0 Å². The lowest BCUT2D eigenvalue weighted by atomic mass is 9.95. The molecule has 11 heteroatoms. The summed E-state index contributed by atoms with van der Waals surface area (Å²) in [6.45, 7) is 0.584. The fourth-order valence-corrected chi connectivity index (χ4v) is 4.35. The number of nitrogens with one attached hydrogen (secondary N) is 2. The highest BCUT2D eigenvalue weighted by Crippen LogP contribution is 2.32. The third-order valence-electron chi connectivity index (χ3n) is 5.11. The molecule has 0 radical (unpaired) electrons. The Morgan fingerprint density at radius 2 is 1.87 bits per heavy atom. The van der Waals surface area contributed by atoms with E-state index in [1.807, 2.05) is 4.72 Å². The van der Waals surface area contributed by atoms with Crippen molar-refractivity contribution in [2.24, 2.45) is 0 Å². The number of hydrogen-bond donors (Lipinski definition) is 2. The van der Waals surface area contributed by atoms with E-state index in [2.05, 4.69) is 5.32 Å². The SMILES string of the molecule is CCS(=O)(=O)N[C@@H]1[C@H](Cc2cccc(-c3cccc(C(F)F)c3)c2F)NCC1(F)F.Cl. The van der Waals surface area contributed by atoms with Crippen molar-refractivity contribution in [2.75, 3.05) is 12.3 Å². The Labute approximate surface area is 183 Å². The second-order valence-electron chi connectivity index (χ2n) is 7.16. The largest absolute Gasteiger partial charge is 0.306 e. The minimum atomic E-state index is -3.91. The molecule has 4 nitrogen and oxygen atoms in total. The topological polar surface area (TPSA) is 58.2 Å². The van der Waals surface area contributed by atoms with Gasteiger partial charge in [-0.1, -0.05) is 36.4 Å². The molecule has 2 N–H and O–H groups in total. The van der Waals surface area contributed by atoms with E-state index in [4.69, 9.17) is 0 Å². The summed E-state index contributed by atoms with van der Waals surface area (Å²) >= 11 is 0. The van der Waals surface area contributed by atoms with Gasteiger partial charge in [0.1, 0.15) is 11.9 Å². The molecular weight excluding hydrogens is 463 g/mol. The predicted molar refractivity (Wildman–Crippen MR) is 111 cm³/mol. The van der Waals surface area contributed by atoms with Crippen LogP contribution < -0.4 is 10.0 Å². The molecule has 3 rings (SSSR count).